The van der Waals surface area contributed by atoms with Crippen molar-refractivity contribution in [2.75, 3.05) is 26.7 Å². The topological polar surface area (TPSA) is 133 Å². The number of aryl methyl sites for hydroxylation is 1. The summed E-state index contributed by atoms with van der Waals surface area (Å²) in [7, 11) is 1.61. The number of ether oxygens (including phenoxy) is 1. The van der Waals surface area contributed by atoms with Crippen LogP contribution in [0.25, 0.3) is 10.9 Å². The molecule has 3 aromatic rings. The lowest BCUT2D eigenvalue weighted by Crippen LogP contribution is -2.55. The zero-order valence-corrected chi connectivity index (χ0v) is 22.6. The maximum absolute atomic E-state index is 13.1. The molecule has 0 bridgehead atoms. The van der Waals surface area contributed by atoms with Crippen molar-refractivity contribution in [1.29, 1.82) is 0 Å². The number of para-hydroxylation sites is 1. The zero-order chi connectivity index (χ0) is 27.8. The van der Waals surface area contributed by atoms with Crippen LogP contribution in [0.15, 0.2) is 59.7 Å². The molecule has 1 aliphatic heterocycles. The Kier molecular flexibility index (Phi) is 9.50. The molecule has 2 heterocycles. The minimum absolute atomic E-state index is 0.224. The second-order valence-electron chi connectivity index (χ2n) is 9.11. The van der Waals surface area contributed by atoms with Crippen LogP contribution in [-0.2, 0) is 16.2 Å². The van der Waals surface area contributed by atoms with Gasteiger partial charge in [0.1, 0.15) is 24.0 Å². The molecule has 0 aliphatic carbocycles. The summed E-state index contributed by atoms with van der Waals surface area (Å²) in [6, 6.07) is 16.5. The van der Waals surface area contributed by atoms with Crippen LogP contribution < -0.4 is 15.5 Å². The number of benzene rings is 2. The van der Waals surface area contributed by atoms with Gasteiger partial charge in [-0.1, -0.05) is 18.2 Å². The number of fused-ring (bicyclic) bond motifs is 1. The number of nitrogens with zero attached hydrogens (tertiary/aromatic N) is 3. The summed E-state index contributed by atoms with van der Waals surface area (Å²) in [4.78, 5) is 42.6. The van der Waals surface area contributed by atoms with Gasteiger partial charge in [-0.15, -0.1) is 0 Å². The molecule has 2 aromatic carbocycles. The molecule has 2 atom stereocenters. The Morgan fingerprint density at radius 1 is 1.23 bits per heavy atom. The fourth-order valence-electron chi connectivity index (χ4n) is 4.69. The Morgan fingerprint density at radius 2 is 2.00 bits per heavy atom. The monoisotopic (exact) mass is 549 g/mol. The number of rotatable bonds is 9. The van der Waals surface area contributed by atoms with Gasteiger partial charge in [-0.05, 0) is 61.5 Å². The molecule has 3 N–H and O–H groups in total. The van der Waals surface area contributed by atoms with E-state index < -0.39 is 18.4 Å². The summed E-state index contributed by atoms with van der Waals surface area (Å²) in [6.45, 7) is 2.31. The second-order valence-corrected chi connectivity index (χ2v) is 9.96. The number of piperidine rings is 1. The standard InChI is InChI=1S/C28H31N5O5S/c1-18-13-20(22-5-3-4-6-24(22)30-18)16-38-21-9-7-19(8-10-21)27(37)31-25-11-12-33(26(36)15-34)14-23(25)28(32-29-2)39-17-35/h3-10,13,17,23,25,29,34H,11-12,14-16H2,1-2H3,(H,31,37)/b32-28-. The average Bonchev–Trinajstić information content (AvgIpc) is 2.95. The predicted molar refractivity (Wildman–Crippen MR) is 151 cm³/mol. The third kappa shape index (κ3) is 6.92. The van der Waals surface area contributed by atoms with Crippen molar-refractivity contribution >= 4 is 45.1 Å². The van der Waals surface area contributed by atoms with E-state index in [1.54, 1.807) is 31.3 Å². The molecule has 0 spiro atoms. The van der Waals surface area contributed by atoms with Crippen LogP contribution in [0.3, 0.4) is 0 Å². The van der Waals surface area contributed by atoms with E-state index in [0.717, 1.165) is 33.9 Å². The fraction of sp³-hybridized carbons (Fsp3) is 0.321. The molecule has 1 aliphatic rings. The number of carbonyl (C=O) groups excluding carboxylic acids is 3. The highest BCUT2D eigenvalue weighted by molar-refractivity contribution is 8.24. The van der Waals surface area contributed by atoms with Gasteiger partial charge in [0.05, 0.1) is 5.52 Å². The van der Waals surface area contributed by atoms with Gasteiger partial charge in [-0.3, -0.25) is 19.4 Å². The number of amides is 2. The third-order valence-electron chi connectivity index (χ3n) is 6.57. The summed E-state index contributed by atoms with van der Waals surface area (Å²) >= 11 is 0.897. The van der Waals surface area contributed by atoms with Gasteiger partial charge in [0, 0.05) is 54.3 Å². The van der Waals surface area contributed by atoms with Crippen molar-refractivity contribution in [1.82, 2.24) is 20.6 Å². The second kappa shape index (κ2) is 13.2. The lowest BCUT2D eigenvalue weighted by atomic mass is 9.92. The van der Waals surface area contributed by atoms with Crippen molar-refractivity contribution < 1.29 is 24.2 Å². The maximum atomic E-state index is 13.1. The van der Waals surface area contributed by atoms with Crippen LogP contribution in [-0.4, -0.2) is 70.3 Å². The summed E-state index contributed by atoms with van der Waals surface area (Å²) in [5, 5.41) is 18.0. The zero-order valence-electron chi connectivity index (χ0n) is 21.8. The molecule has 11 heteroatoms. The average molecular weight is 550 g/mol. The van der Waals surface area contributed by atoms with E-state index in [1.165, 1.54) is 4.90 Å². The van der Waals surface area contributed by atoms with E-state index in [2.05, 4.69) is 20.8 Å². The largest absolute Gasteiger partial charge is 0.489 e. The number of hydrogen-bond acceptors (Lipinski definition) is 9. The van der Waals surface area contributed by atoms with Gasteiger partial charge >= 0.3 is 0 Å². The van der Waals surface area contributed by atoms with E-state index in [-0.39, 0.29) is 18.5 Å². The number of aromatic nitrogens is 1. The molecule has 1 fully saturated rings. The molecular formula is C28H31N5O5S. The first-order valence-electron chi connectivity index (χ1n) is 12.6. The maximum Gasteiger partial charge on any atom is 0.251 e. The third-order valence-corrected chi connectivity index (χ3v) is 7.30. The SMILES string of the molecule is CN/N=C(\SC=O)C1CN(C(=O)CO)CCC1NC(=O)c1ccc(OCc2cc(C)nc3ccccc23)cc1. The molecule has 39 heavy (non-hydrogen) atoms. The number of nitrogens with one attached hydrogen (secondary N) is 2. The lowest BCUT2D eigenvalue weighted by Gasteiger charge is -2.38. The Bertz CT molecular complexity index is 1360. The van der Waals surface area contributed by atoms with E-state index >= 15 is 0 Å². The summed E-state index contributed by atoms with van der Waals surface area (Å²) in [5.41, 5.74) is 6.66. The van der Waals surface area contributed by atoms with Crippen LogP contribution >= 0.6 is 11.8 Å². The number of likely N-dealkylation sites (tertiary alicyclic amines) is 1. The number of hydrogen-bond donors (Lipinski definition) is 3. The van der Waals surface area contributed by atoms with E-state index in [9.17, 15) is 19.5 Å². The Balaban J connectivity index is 1.44. The summed E-state index contributed by atoms with van der Waals surface area (Å²) in [5.74, 6) is -0.476. The van der Waals surface area contributed by atoms with E-state index in [4.69, 9.17) is 4.74 Å². The lowest BCUT2D eigenvalue weighted by molar-refractivity contribution is -0.135. The fourth-order valence-corrected chi connectivity index (χ4v) is 5.34. The van der Waals surface area contributed by atoms with Crippen LogP contribution in [0, 0.1) is 12.8 Å². The van der Waals surface area contributed by atoms with Crippen molar-refractivity contribution in [3.63, 3.8) is 0 Å². The number of hydrazone groups is 1. The van der Waals surface area contributed by atoms with E-state index in [1.807, 2.05) is 37.3 Å². The first-order valence-corrected chi connectivity index (χ1v) is 13.4. The molecule has 1 aromatic heterocycles. The summed E-state index contributed by atoms with van der Waals surface area (Å²) in [6.07, 6.45) is 0.449. The van der Waals surface area contributed by atoms with Gasteiger partial charge in [0.2, 0.25) is 5.91 Å². The number of aliphatic hydroxyl groups excluding tert-OH is 1. The van der Waals surface area contributed by atoms with Crippen molar-refractivity contribution in [3.8, 4) is 5.75 Å². The predicted octanol–water partition coefficient (Wildman–Crippen LogP) is 2.52. The smallest absolute Gasteiger partial charge is 0.251 e. The Hall–Kier alpha value is -3.96. The number of aliphatic hydroxyl groups is 1. The van der Waals surface area contributed by atoms with Crippen LogP contribution in [0.5, 0.6) is 5.75 Å². The van der Waals surface area contributed by atoms with Crippen LogP contribution in [0.1, 0.15) is 28.0 Å². The molecular weight excluding hydrogens is 518 g/mol. The van der Waals surface area contributed by atoms with Crippen molar-refractivity contribution in [2.45, 2.75) is 26.0 Å². The quantitative estimate of drug-likeness (QED) is 0.161. The van der Waals surface area contributed by atoms with E-state index in [0.29, 0.717) is 41.5 Å². The molecule has 0 saturated carbocycles. The first kappa shape index (κ1) is 28.1. The number of thioether (sulfide) groups is 1. The minimum atomic E-state index is -0.603. The van der Waals surface area contributed by atoms with Crippen molar-refractivity contribution in [3.05, 3.63) is 71.4 Å². The molecule has 2 amide bonds. The molecule has 0 radical (unpaired) electrons. The molecule has 2 unspecified atom stereocenters. The van der Waals surface area contributed by atoms with Crippen LogP contribution in [0.4, 0.5) is 0 Å². The van der Waals surface area contributed by atoms with Gasteiger partial charge < -0.3 is 25.5 Å². The minimum Gasteiger partial charge on any atom is -0.489 e. The number of pyridine rings is 1. The van der Waals surface area contributed by atoms with Crippen LogP contribution in [0.2, 0.25) is 0 Å². The van der Waals surface area contributed by atoms with Gasteiger partial charge in [0.15, 0.2) is 5.62 Å². The Labute approximate surface area is 230 Å². The molecule has 4 rings (SSSR count). The number of carbonyl (C=O) groups is 3. The summed E-state index contributed by atoms with van der Waals surface area (Å²) < 4.78 is 6.01. The van der Waals surface area contributed by atoms with Gasteiger partial charge in [-0.25, -0.2) is 0 Å². The molecule has 10 nitrogen and oxygen atoms in total. The molecule has 204 valence electrons. The first-order chi connectivity index (χ1) is 18.9. The highest BCUT2D eigenvalue weighted by Gasteiger charge is 2.36. The molecule has 1 saturated heterocycles. The van der Waals surface area contributed by atoms with Crippen molar-refractivity contribution in [2.24, 2.45) is 11.0 Å². The highest BCUT2D eigenvalue weighted by Crippen LogP contribution is 2.25. The van der Waals surface area contributed by atoms with Gasteiger partial charge in [-0.2, -0.15) is 5.10 Å². The highest BCUT2D eigenvalue weighted by atomic mass is 32.2. The normalized spacial score (nSPS) is 17.5. The van der Waals surface area contributed by atoms with Gasteiger partial charge in [0.25, 0.3) is 5.91 Å². The Morgan fingerprint density at radius 3 is 2.72 bits per heavy atom.